The van der Waals surface area contributed by atoms with E-state index in [4.69, 9.17) is 5.21 Å². The highest BCUT2D eigenvalue weighted by Crippen LogP contribution is 2.36. The maximum absolute atomic E-state index is 11.8. The summed E-state index contributed by atoms with van der Waals surface area (Å²) in [4.78, 5) is 11.8. The fourth-order valence-electron chi connectivity index (χ4n) is 3.42. The van der Waals surface area contributed by atoms with Crippen LogP contribution in [0.5, 0.6) is 0 Å². The molecule has 2 rings (SSSR count). The SMILES string of the molecule is O=C(NO)C1CCCCC1C(CCc1ccccc1)S(=O)[O-]. The predicted molar refractivity (Wildman–Crippen MR) is 82.8 cm³/mol. The zero-order chi connectivity index (χ0) is 15.9. The normalized spacial score (nSPS) is 24.5. The van der Waals surface area contributed by atoms with Gasteiger partial charge in [0.05, 0.1) is 0 Å². The fraction of sp³-hybridized carbons (Fsp3) is 0.562. The van der Waals surface area contributed by atoms with Crippen molar-refractivity contribution in [2.24, 2.45) is 11.8 Å². The fourth-order valence-corrected chi connectivity index (χ4v) is 4.34. The summed E-state index contributed by atoms with van der Waals surface area (Å²) in [6, 6.07) is 9.74. The van der Waals surface area contributed by atoms with Crippen molar-refractivity contribution in [2.75, 3.05) is 0 Å². The number of benzene rings is 1. The average molecular weight is 324 g/mol. The van der Waals surface area contributed by atoms with Crippen LogP contribution in [0.3, 0.4) is 0 Å². The Bertz CT molecular complexity index is 508. The van der Waals surface area contributed by atoms with Crippen molar-refractivity contribution in [2.45, 2.75) is 43.8 Å². The first-order valence-corrected chi connectivity index (χ1v) is 8.83. The third-order valence-corrected chi connectivity index (χ3v) is 5.63. The van der Waals surface area contributed by atoms with Crippen LogP contribution in [0.4, 0.5) is 0 Å². The van der Waals surface area contributed by atoms with E-state index in [1.165, 1.54) is 0 Å². The summed E-state index contributed by atoms with van der Waals surface area (Å²) >= 11 is -2.23. The Kier molecular flexibility index (Phi) is 6.54. The highest BCUT2D eigenvalue weighted by Gasteiger charge is 2.36. The Morgan fingerprint density at radius 3 is 2.64 bits per heavy atom. The van der Waals surface area contributed by atoms with Crippen LogP contribution in [0, 0.1) is 11.8 Å². The molecule has 1 aromatic carbocycles. The Morgan fingerprint density at radius 2 is 2.00 bits per heavy atom. The molecule has 0 bridgehead atoms. The van der Waals surface area contributed by atoms with E-state index in [1.807, 2.05) is 30.3 Å². The van der Waals surface area contributed by atoms with Gasteiger partial charge in [0.2, 0.25) is 5.91 Å². The number of hydrogen-bond acceptors (Lipinski definition) is 4. The zero-order valence-electron chi connectivity index (χ0n) is 12.4. The van der Waals surface area contributed by atoms with Gasteiger partial charge in [0.1, 0.15) is 0 Å². The Balaban J connectivity index is 2.08. The van der Waals surface area contributed by atoms with Gasteiger partial charge < -0.3 is 4.55 Å². The van der Waals surface area contributed by atoms with E-state index < -0.39 is 28.2 Å². The molecule has 0 aliphatic heterocycles. The summed E-state index contributed by atoms with van der Waals surface area (Å²) in [5.74, 6) is -1.10. The Morgan fingerprint density at radius 1 is 1.32 bits per heavy atom. The lowest BCUT2D eigenvalue weighted by molar-refractivity contribution is -0.136. The second-order valence-corrected chi connectivity index (χ2v) is 6.98. The van der Waals surface area contributed by atoms with Crippen LogP contribution in [0.1, 0.15) is 37.7 Å². The lowest BCUT2D eigenvalue weighted by Gasteiger charge is -2.37. The van der Waals surface area contributed by atoms with Crippen LogP contribution in [0.2, 0.25) is 0 Å². The van der Waals surface area contributed by atoms with Gasteiger partial charge in [-0.05, 0) is 37.2 Å². The number of amides is 1. The lowest BCUT2D eigenvalue weighted by atomic mass is 9.76. The second kappa shape index (κ2) is 8.41. The molecule has 4 atom stereocenters. The first-order valence-electron chi connectivity index (χ1n) is 7.69. The highest BCUT2D eigenvalue weighted by molar-refractivity contribution is 7.79. The molecule has 0 saturated heterocycles. The molecule has 0 aromatic heterocycles. The summed E-state index contributed by atoms with van der Waals surface area (Å²) in [5, 5.41) is 8.33. The molecule has 2 N–H and O–H groups in total. The van der Waals surface area contributed by atoms with Gasteiger partial charge in [-0.25, -0.2) is 5.48 Å². The third kappa shape index (κ3) is 4.38. The Hall–Kier alpha value is -1.24. The van der Waals surface area contributed by atoms with Crippen molar-refractivity contribution in [3.63, 3.8) is 0 Å². The van der Waals surface area contributed by atoms with Gasteiger partial charge in [-0.2, -0.15) is 0 Å². The minimum Gasteiger partial charge on any atom is -0.772 e. The van der Waals surface area contributed by atoms with Crippen LogP contribution in [0.15, 0.2) is 30.3 Å². The van der Waals surface area contributed by atoms with Gasteiger partial charge in [0.15, 0.2) is 0 Å². The summed E-state index contributed by atoms with van der Waals surface area (Å²) in [6.45, 7) is 0. The maximum Gasteiger partial charge on any atom is 0.246 e. The predicted octanol–water partition coefficient (Wildman–Crippen LogP) is 2.18. The zero-order valence-corrected chi connectivity index (χ0v) is 13.3. The largest absolute Gasteiger partial charge is 0.772 e. The minimum atomic E-state index is -2.23. The van der Waals surface area contributed by atoms with Crippen LogP contribution in [0.25, 0.3) is 0 Å². The molecule has 1 saturated carbocycles. The molecule has 5 nitrogen and oxygen atoms in total. The molecular weight excluding hydrogens is 302 g/mol. The van der Waals surface area contributed by atoms with E-state index in [0.717, 1.165) is 18.4 Å². The lowest BCUT2D eigenvalue weighted by Crippen LogP contribution is -2.41. The second-order valence-electron chi connectivity index (χ2n) is 5.85. The van der Waals surface area contributed by atoms with Gasteiger partial charge >= 0.3 is 0 Å². The molecule has 1 aliphatic rings. The van der Waals surface area contributed by atoms with Crippen molar-refractivity contribution in [1.29, 1.82) is 0 Å². The maximum atomic E-state index is 11.8. The monoisotopic (exact) mass is 324 g/mol. The standard InChI is InChI=1S/C16H23NO4S/c18-16(17-19)14-9-5-4-8-13(14)15(22(20)21)11-10-12-6-2-1-3-7-12/h1-3,6-7,13-15,19H,4-5,8-11H2,(H,17,18)(H,20,21)/p-1. The molecule has 1 aliphatic carbocycles. The molecule has 122 valence electrons. The molecule has 0 spiro atoms. The van der Waals surface area contributed by atoms with Gasteiger partial charge in [-0.3, -0.25) is 14.2 Å². The molecule has 0 radical (unpaired) electrons. The molecular formula is C16H22NO4S-. The van der Waals surface area contributed by atoms with E-state index in [9.17, 15) is 13.6 Å². The summed E-state index contributed by atoms with van der Waals surface area (Å²) in [6.07, 6.45) is 4.34. The van der Waals surface area contributed by atoms with E-state index in [-0.39, 0.29) is 5.92 Å². The Labute approximate surface area is 133 Å². The van der Waals surface area contributed by atoms with E-state index >= 15 is 0 Å². The van der Waals surface area contributed by atoms with Gasteiger partial charge in [0, 0.05) is 11.2 Å². The van der Waals surface area contributed by atoms with E-state index in [1.54, 1.807) is 5.48 Å². The van der Waals surface area contributed by atoms with Crippen molar-refractivity contribution >= 4 is 17.0 Å². The van der Waals surface area contributed by atoms with E-state index in [2.05, 4.69) is 0 Å². The molecule has 0 heterocycles. The van der Waals surface area contributed by atoms with Crippen LogP contribution in [-0.2, 0) is 22.3 Å². The average Bonchev–Trinajstić information content (AvgIpc) is 2.55. The molecule has 22 heavy (non-hydrogen) atoms. The highest BCUT2D eigenvalue weighted by atomic mass is 32.2. The minimum absolute atomic E-state index is 0.219. The molecule has 1 amide bonds. The smallest absolute Gasteiger partial charge is 0.246 e. The topological polar surface area (TPSA) is 89.5 Å². The van der Waals surface area contributed by atoms with Gasteiger partial charge in [0.25, 0.3) is 0 Å². The van der Waals surface area contributed by atoms with Gasteiger partial charge in [-0.1, -0.05) is 54.3 Å². The number of carbonyl (C=O) groups is 1. The summed E-state index contributed by atoms with van der Waals surface area (Å²) < 4.78 is 23.4. The van der Waals surface area contributed by atoms with Crippen LogP contribution in [-0.4, -0.2) is 25.1 Å². The third-order valence-electron chi connectivity index (χ3n) is 4.55. The number of rotatable bonds is 6. The number of hydroxylamine groups is 1. The molecule has 1 aromatic rings. The molecule has 4 unspecified atom stereocenters. The molecule has 6 heteroatoms. The number of hydrogen-bond donors (Lipinski definition) is 2. The van der Waals surface area contributed by atoms with Crippen LogP contribution >= 0.6 is 0 Å². The van der Waals surface area contributed by atoms with E-state index in [0.29, 0.717) is 25.7 Å². The quantitative estimate of drug-likeness (QED) is 0.477. The summed E-state index contributed by atoms with van der Waals surface area (Å²) in [7, 11) is 0. The molecule has 1 fully saturated rings. The van der Waals surface area contributed by atoms with Crippen molar-refractivity contribution in [3.05, 3.63) is 35.9 Å². The van der Waals surface area contributed by atoms with Crippen molar-refractivity contribution < 1.29 is 18.8 Å². The van der Waals surface area contributed by atoms with Crippen molar-refractivity contribution in [3.8, 4) is 0 Å². The first kappa shape index (κ1) is 17.1. The number of nitrogens with one attached hydrogen (secondary N) is 1. The number of aryl methyl sites for hydroxylation is 1. The number of carbonyl (C=O) groups excluding carboxylic acids is 1. The van der Waals surface area contributed by atoms with Crippen LogP contribution < -0.4 is 5.48 Å². The van der Waals surface area contributed by atoms with Gasteiger partial charge in [-0.15, -0.1) is 0 Å². The van der Waals surface area contributed by atoms with Crippen molar-refractivity contribution in [1.82, 2.24) is 5.48 Å². The summed E-state index contributed by atoms with van der Waals surface area (Å²) in [5.41, 5.74) is 2.79. The first-order chi connectivity index (χ1) is 10.6.